The normalized spacial score (nSPS) is 10.5. The first kappa shape index (κ1) is 10.4. The summed E-state index contributed by atoms with van der Waals surface area (Å²) in [5.74, 6) is -0.973. The Bertz CT molecular complexity index is 339. The number of hydrogen-bond acceptors (Lipinski definition) is 3. The number of carboxylic acid groups (broad SMARTS) is 1. The molecule has 1 aromatic rings. The number of rotatable bonds is 2. The van der Waals surface area contributed by atoms with Crippen LogP contribution in [0, 0.1) is 6.92 Å². The van der Waals surface area contributed by atoms with Crippen LogP contribution in [0.4, 0.5) is 0 Å². The third-order valence-corrected chi connectivity index (χ3v) is 5.29. The SMILES string of the molecule is Cc1cc(C(=O)O)n[c]([SnH]([CH3])[CH3])n1. The van der Waals surface area contributed by atoms with E-state index in [1.807, 2.05) is 0 Å². The summed E-state index contributed by atoms with van der Waals surface area (Å²) in [6, 6.07) is 1.50. The van der Waals surface area contributed by atoms with Crippen LogP contribution < -0.4 is 3.84 Å². The molecule has 0 bridgehead atoms. The topological polar surface area (TPSA) is 63.1 Å². The zero-order valence-electron chi connectivity index (χ0n) is 7.90. The second-order valence-electron chi connectivity index (χ2n) is 3.21. The summed E-state index contributed by atoms with van der Waals surface area (Å²) >= 11 is -1.76. The molecule has 0 aliphatic carbocycles. The molecule has 0 radical (unpaired) electrons. The van der Waals surface area contributed by atoms with Crippen molar-refractivity contribution in [2.75, 3.05) is 0 Å². The first-order chi connectivity index (χ1) is 6.00. The van der Waals surface area contributed by atoms with Crippen molar-refractivity contribution in [3.05, 3.63) is 17.5 Å². The van der Waals surface area contributed by atoms with Crippen molar-refractivity contribution in [2.45, 2.75) is 16.8 Å². The minimum absolute atomic E-state index is 0.118. The maximum atomic E-state index is 10.7. The van der Waals surface area contributed by atoms with E-state index in [0.717, 1.165) is 9.53 Å². The number of aromatic carboxylic acids is 1. The Labute approximate surface area is 83.8 Å². The van der Waals surface area contributed by atoms with E-state index in [1.165, 1.54) is 6.07 Å². The van der Waals surface area contributed by atoms with Crippen LogP contribution in [0.2, 0.25) is 9.88 Å². The van der Waals surface area contributed by atoms with E-state index < -0.39 is 25.7 Å². The molecule has 1 rings (SSSR count). The van der Waals surface area contributed by atoms with E-state index in [0.29, 0.717) is 0 Å². The van der Waals surface area contributed by atoms with Crippen molar-refractivity contribution in [1.82, 2.24) is 9.97 Å². The van der Waals surface area contributed by atoms with Gasteiger partial charge >= 0.3 is 83.7 Å². The fraction of sp³-hybridized carbons (Fsp3) is 0.375. The molecule has 0 aliphatic rings. The average molecular weight is 287 g/mol. The van der Waals surface area contributed by atoms with Crippen LogP contribution in [0.3, 0.4) is 0 Å². The maximum absolute atomic E-state index is 10.7. The summed E-state index contributed by atoms with van der Waals surface area (Å²) in [4.78, 5) is 23.2. The molecular weight excluding hydrogens is 275 g/mol. The van der Waals surface area contributed by atoms with Crippen LogP contribution in [-0.2, 0) is 0 Å². The molecule has 0 aromatic carbocycles. The summed E-state index contributed by atoms with van der Waals surface area (Å²) in [5.41, 5.74) is 0.862. The van der Waals surface area contributed by atoms with E-state index in [-0.39, 0.29) is 5.69 Å². The second-order valence-corrected chi connectivity index (χ2v) is 11.3. The van der Waals surface area contributed by atoms with Gasteiger partial charge in [-0.2, -0.15) is 0 Å². The van der Waals surface area contributed by atoms with Crippen LogP contribution in [0.15, 0.2) is 6.07 Å². The molecule has 5 heteroatoms. The van der Waals surface area contributed by atoms with Gasteiger partial charge in [0.1, 0.15) is 0 Å². The van der Waals surface area contributed by atoms with Gasteiger partial charge in [0, 0.05) is 0 Å². The molecule has 0 aliphatic heterocycles. The van der Waals surface area contributed by atoms with Crippen LogP contribution >= 0.6 is 0 Å². The predicted octanol–water partition coefficient (Wildman–Crippen LogP) is 0.177. The zero-order valence-corrected chi connectivity index (χ0v) is 11.2. The van der Waals surface area contributed by atoms with Crippen LogP contribution in [-0.4, -0.2) is 40.8 Å². The summed E-state index contributed by atoms with van der Waals surface area (Å²) in [7, 11) is 0. The van der Waals surface area contributed by atoms with E-state index in [1.54, 1.807) is 6.92 Å². The van der Waals surface area contributed by atoms with Crippen molar-refractivity contribution in [3.8, 4) is 0 Å². The molecule has 0 amide bonds. The third-order valence-electron chi connectivity index (χ3n) is 1.61. The van der Waals surface area contributed by atoms with Gasteiger partial charge in [0.15, 0.2) is 0 Å². The first-order valence-corrected chi connectivity index (χ1v) is 12.3. The van der Waals surface area contributed by atoms with Gasteiger partial charge in [-0.3, -0.25) is 0 Å². The Balaban J connectivity index is 3.19. The van der Waals surface area contributed by atoms with Crippen LogP contribution in [0.25, 0.3) is 0 Å². The molecular formula is C8H12N2O2Sn. The summed E-state index contributed by atoms with van der Waals surface area (Å²) < 4.78 is 0.791. The Morgan fingerprint density at radius 3 is 2.54 bits per heavy atom. The third kappa shape index (κ3) is 2.65. The van der Waals surface area contributed by atoms with Gasteiger partial charge in [0.2, 0.25) is 0 Å². The molecule has 13 heavy (non-hydrogen) atoms. The Kier molecular flexibility index (Phi) is 3.24. The van der Waals surface area contributed by atoms with Crippen molar-refractivity contribution < 1.29 is 9.90 Å². The quantitative estimate of drug-likeness (QED) is 0.788. The van der Waals surface area contributed by atoms with Crippen molar-refractivity contribution in [3.63, 3.8) is 0 Å². The Morgan fingerprint density at radius 1 is 1.46 bits per heavy atom. The number of carbonyl (C=O) groups is 1. The summed E-state index contributed by atoms with van der Waals surface area (Å²) in [5, 5.41) is 8.75. The number of aryl methyl sites for hydroxylation is 1. The molecule has 0 saturated carbocycles. The van der Waals surface area contributed by atoms with Crippen LogP contribution in [0.1, 0.15) is 16.2 Å². The number of aromatic nitrogens is 2. The van der Waals surface area contributed by atoms with Gasteiger partial charge in [-0.15, -0.1) is 0 Å². The molecule has 0 saturated heterocycles. The summed E-state index contributed by atoms with van der Waals surface area (Å²) in [6.45, 7) is 1.80. The Morgan fingerprint density at radius 2 is 2.08 bits per heavy atom. The molecule has 70 valence electrons. The van der Waals surface area contributed by atoms with Crippen molar-refractivity contribution >= 4 is 29.6 Å². The van der Waals surface area contributed by atoms with Gasteiger partial charge in [-0.05, 0) is 0 Å². The molecule has 1 heterocycles. The van der Waals surface area contributed by atoms with E-state index in [4.69, 9.17) is 5.11 Å². The number of carboxylic acids is 1. The number of nitrogens with zero attached hydrogens (tertiary/aromatic N) is 2. The van der Waals surface area contributed by atoms with E-state index in [9.17, 15) is 4.79 Å². The summed E-state index contributed by atoms with van der Waals surface area (Å²) in [6.07, 6.45) is 0. The van der Waals surface area contributed by atoms with Gasteiger partial charge in [-0.25, -0.2) is 0 Å². The Hall–Kier alpha value is -0.651. The predicted molar refractivity (Wildman–Crippen MR) is 52.2 cm³/mol. The van der Waals surface area contributed by atoms with Gasteiger partial charge in [0.25, 0.3) is 0 Å². The molecule has 0 fully saturated rings. The van der Waals surface area contributed by atoms with E-state index in [2.05, 4.69) is 19.8 Å². The fourth-order valence-electron chi connectivity index (χ4n) is 0.959. The molecule has 1 N–H and O–H groups in total. The second kappa shape index (κ2) is 4.04. The number of hydrogen-bond donors (Lipinski definition) is 1. The first-order valence-electron chi connectivity index (χ1n) is 4.09. The molecule has 0 unspecified atom stereocenters. The van der Waals surface area contributed by atoms with Crippen molar-refractivity contribution in [1.29, 1.82) is 0 Å². The molecule has 0 spiro atoms. The van der Waals surface area contributed by atoms with Gasteiger partial charge in [-0.1, -0.05) is 0 Å². The molecule has 0 atom stereocenters. The molecule has 1 aromatic heterocycles. The fourth-order valence-corrected chi connectivity index (χ4v) is 3.41. The van der Waals surface area contributed by atoms with Crippen LogP contribution in [0.5, 0.6) is 0 Å². The van der Waals surface area contributed by atoms with Crippen molar-refractivity contribution in [2.24, 2.45) is 0 Å². The standard InChI is InChI=1S/C6H5N2O2.2CH3.Sn.H/c1-4-2-5(6(9)10)8-3-7-4;;;;/h2H,1H3,(H,9,10);2*1H3;;. The monoisotopic (exact) mass is 288 g/mol. The average Bonchev–Trinajstić information content (AvgIpc) is 2.03. The molecule has 4 nitrogen and oxygen atoms in total. The van der Waals surface area contributed by atoms with Gasteiger partial charge in [0.05, 0.1) is 0 Å². The zero-order chi connectivity index (χ0) is 10.0. The van der Waals surface area contributed by atoms with E-state index >= 15 is 0 Å². The van der Waals surface area contributed by atoms with Gasteiger partial charge < -0.3 is 0 Å². The minimum atomic E-state index is -1.76.